The van der Waals surface area contributed by atoms with E-state index in [1.165, 1.54) is 11.0 Å². The van der Waals surface area contributed by atoms with Crippen LogP contribution in [-0.2, 0) is 11.2 Å². The van der Waals surface area contributed by atoms with E-state index in [0.717, 1.165) is 11.1 Å². The number of hydrogen-bond acceptors (Lipinski definition) is 6. The van der Waals surface area contributed by atoms with Crippen molar-refractivity contribution in [2.45, 2.75) is 12.5 Å². The summed E-state index contributed by atoms with van der Waals surface area (Å²) in [5.74, 6) is 0.354. The van der Waals surface area contributed by atoms with Crippen LogP contribution in [0.3, 0.4) is 0 Å². The topological polar surface area (TPSA) is 98.5 Å². The van der Waals surface area contributed by atoms with Crippen LogP contribution in [0.15, 0.2) is 79.4 Å². The summed E-state index contributed by atoms with van der Waals surface area (Å²) < 4.78 is 1.45. The third-order valence-electron chi connectivity index (χ3n) is 4.21. The van der Waals surface area contributed by atoms with E-state index in [9.17, 15) is 4.79 Å². The molecule has 28 heavy (non-hydrogen) atoms. The minimum atomic E-state index is -0.591. The Morgan fingerprint density at radius 2 is 1.64 bits per heavy atom. The van der Waals surface area contributed by atoms with Crippen molar-refractivity contribution in [2.75, 3.05) is 5.32 Å². The van der Waals surface area contributed by atoms with Crippen molar-refractivity contribution in [2.24, 2.45) is 0 Å². The molecule has 138 valence electrons. The molecule has 0 saturated heterocycles. The van der Waals surface area contributed by atoms with Crippen molar-refractivity contribution in [3.8, 4) is 11.4 Å². The third kappa shape index (κ3) is 4.07. The van der Waals surface area contributed by atoms with Crippen LogP contribution in [0, 0.1) is 0 Å². The zero-order chi connectivity index (χ0) is 19.2. The Balaban J connectivity index is 1.51. The van der Waals surface area contributed by atoms with E-state index < -0.39 is 6.04 Å². The summed E-state index contributed by atoms with van der Waals surface area (Å²) in [4.78, 5) is 21.6. The molecule has 0 aliphatic rings. The molecule has 0 radical (unpaired) electrons. The molecule has 0 fully saturated rings. The van der Waals surface area contributed by atoms with Gasteiger partial charge in [-0.15, -0.1) is 5.10 Å². The summed E-state index contributed by atoms with van der Waals surface area (Å²) in [5.41, 5.74) is 2.43. The largest absolute Gasteiger partial charge is 0.322 e. The zero-order valence-electron chi connectivity index (χ0n) is 14.9. The Kier molecular flexibility index (Phi) is 5.10. The quantitative estimate of drug-likeness (QED) is 0.559. The van der Waals surface area contributed by atoms with E-state index in [4.69, 9.17) is 0 Å². The number of amides is 1. The van der Waals surface area contributed by atoms with Crippen LogP contribution in [0.25, 0.3) is 11.4 Å². The number of carbonyl (C=O) groups is 1. The second kappa shape index (κ2) is 8.17. The van der Waals surface area contributed by atoms with Crippen LogP contribution in [0.5, 0.6) is 0 Å². The molecule has 1 atom stereocenters. The van der Waals surface area contributed by atoms with E-state index in [2.05, 4.69) is 30.8 Å². The second-order valence-corrected chi connectivity index (χ2v) is 6.15. The number of rotatable bonds is 6. The number of tetrazole rings is 1. The Morgan fingerprint density at radius 3 is 2.29 bits per heavy atom. The lowest BCUT2D eigenvalue weighted by atomic mass is 10.1. The SMILES string of the molecule is O=C(Nc1cnc(-c2ccccc2)nc1)C(Cc1ccccc1)n1cnnn1. The van der Waals surface area contributed by atoms with Crippen molar-refractivity contribution in [1.29, 1.82) is 0 Å². The highest BCUT2D eigenvalue weighted by atomic mass is 16.2. The van der Waals surface area contributed by atoms with Crippen LogP contribution in [-0.4, -0.2) is 36.1 Å². The van der Waals surface area contributed by atoms with Gasteiger partial charge in [-0.2, -0.15) is 0 Å². The van der Waals surface area contributed by atoms with Gasteiger partial charge in [0.15, 0.2) is 5.82 Å². The summed E-state index contributed by atoms with van der Waals surface area (Å²) in [7, 11) is 0. The number of aromatic nitrogens is 6. The second-order valence-electron chi connectivity index (χ2n) is 6.15. The van der Waals surface area contributed by atoms with Gasteiger partial charge >= 0.3 is 0 Å². The number of hydrogen-bond donors (Lipinski definition) is 1. The summed E-state index contributed by atoms with van der Waals surface area (Å²) in [5, 5.41) is 14.0. The number of nitrogens with one attached hydrogen (secondary N) is 1. The molecule has 1 N–H and O–H groups in total. The van der Waals surface area contributed by atoms with Crippen molar-refractivity contribution in [3.05, 3.63) is 84.9 Å². The summed E-state index contributed by atoms with van der Waals surface area (Å²) in [6.45, 7) is 0. The fraction of sp³-hybridized carbons (Fsp3) is 0.100. The minimum Gasteiger partial charge on any atom is -0.322 e. The molecule has 2 heterocycles. The molecule has 8 nitrogen and oxygen atoms in total. The van der Waals surface area contributed by atoms with Gasteiger partial charge in [0.1, 0.15) is 12.4 Å². The Labute approximate surface area is 161 Å². The van der Waals surface area contributed by atoms with Gasteiger partial charge in [-0.3, -0.25) is 4.79 Å². The average Bonchev–Trinajstić information content (AvgIpc) is 3.28. The van der Waals surface area contributed by atoms with Gasteiger partial charge in [0.25, 0.3) is 0 Å². The lowest BCUT2D eigenvalue weighted by Gasteiger charge is -2.16. The molecule has 2 aromatic carbocycles. The van der Waals surface area contributed by atoms with Crippen molar-refractivity contribution in [3.63, 3.8) is 0 Å². The third-order valence-corrected chi connectivity index (χ3v) is 4.21. The molecular weight excluding hydrogens is 354 g/mol. The maximum atomic E-state index is 12.9. The number of anilines is 1. The molecular formula is C20H17N7O. The lowest BCUT2D eigenvalue weighted by molar-refractivity contribution is -0.119. The van der Waals surface area contributed by atoms with Crippen LogP contribution in [0.2, 0.25) is 0 Å². The Hall–Kier alpha value is -3.94. The molecule has 4 rings (SSSR count). The monoisotopic (exact) mass is 371 g/mol. The van der Waals surface area contributed by atoms with Gasteiger partial charge in [-0.05, 0) is 16.0 Å². The first-order chi connectivity index (χ1) is 13.8. The lowest BCUT2D eigenvalue weighted by Crippen LogP contribution is -2.28. The summed E-state index contributed by atoms with van der Waals surface area (Å²) in [6.07, 6.45) is 5.07. The highest BCUT2D eigenvalue weighted by Crippen LogP contribution is 2.18. The van der Waals surface area contributed by atoms with Crippen LogP contribution < -0.4 is 5.32 Å². The van der Waals surface area contributed by atoms with E-state index in [1.54, 1.807) is 12.4 Å². The van der Waals surface area contributed by atoms with E-state index in [1.807, 2.05) is 60.7 Å². The zero-order valence-corrected chi connectivity index (χ0v) is 14.9. The molecule has 4 aromatic rings. The van der Waals surface area contributed by atoms with Crippen LogP contribution in [0.1, 0.15) is 11.6 Å². The van der Waals surface area contributed by atoms with Gasteiger partial charge in [0.05, 0.1) is 18.1 Å². The molecule has 0 saturated carbocycles. The molecule has 2 aromatic heterocycles. The van der Waals surface area contributed by atoms with Crippen molar-refractivity contribution < 1.29 is 4.79 Å². The standard InChI is InChI=1S/C20H17N7O/c28-20(18(27-14-23-25-26-27)11-15-7-3-1-4-8-15)24-17-12-21-19(22-13-17)16-9-5-2-6-10-16/h1-10,12-14,18H,11H2,(H,24,28). The van der Waals surface area contributed by atoms with E-state index in [-0.39, 0.29) is 5.91 Å². The predicted molar refractivity (Wildman–Crippen MR) is 103 cm³/mol. The van der Waals surface area contributed by atoms with Crippen LogP contribution in [0.4, 0.5) is 5.69 Å². The highest BCUT2D eigenvalue weighted by molar-refractivity contribution is 5.93. The summed E-state index contributed by atoms with van der Waals surface area (Å²) >= 11 is 0. The molecule has 8 heteroatoms. The normalized spacial score (nSPS) is 11.7. The summed E-state index contributed by atoms with van der Waals surface area (Å²) in [6, 6.07) is 18.8. The predicted octanol–water partition coefficient (Wildman–Crippen LogP) is 2.55. The van der Waals surface area contributed by atoms with E-state index in [0.29, 0.717) is 17.9 Å². The first-order valence-corrected chi connectivity index (χ1v) is 8.74. The maximum Gasteiger partial charge on any atom is 0.249 e. The Morgan fingerprint density at radius 1 is 0.964 bits per heavy atom. The average molecular weight is 371 g/mol. The first-order valence-electron chi connectivity index (χ1n) is 8.74. The minimum absolute atomic E-state index is 0.243. The number of nitrogens with zero attached hydrogens (tertiary/aromatic N) is 6. The van der Waals surface area contributed by atoms with E-state index >= 15 is 0 Å². The van der Waals surface area contributed by atoms with Crippen LogP contribution >= 0.6 is 0 Å². The van der Waals surface area contributed by atoms with Gasteiger partial charge in [0, 0.05) is 12.0 Å². The fourth-order valence-corrected chi connectivity index (χ4v) is 2.81. The van der Waals surface area contributed by atoms with Gasteiger partial charge in [0.2, 0.25) is 5.91 Å². The van der Waals surface area contributed by atoms with Crippen molar-refractivity contribution in [1.82, 2.24) is 30.2 Å². The maximum absolute atomic E-state index is 12.9. The molecule has 1 unspecified atom stereocenters. The number of benzene rings is 2. The highest BCUT2D eigenvalue weighted by Gasteiger charge is 2.22. The molecule has 0 aliphatic heterocycles. The molecule has 0 spiro atoms. The number of carbonyl (C=O) groups excluding carboxylic acids is 1. The molecule has 0 bridgehead atoms. The fourth-order valence-electron chi connectivity index (χ4n) is 2.81. The van der Waals surface area contributed by atoms with Crippen molar-refractivity contribution >= 4 is 11.6 Å². The van der Waals surface area contributed by atoms with Gasteiger partial charge < -0.3 is 5.32 Å². The van der Waals surface area contributed by atoms with Gasteiger partial charge in [-0.25, -0.2) is 14.6 Å². The van der Waals surface area contributed by atoms with Gasteiger partial charge in [-0.1, -0.05) is 60.7 Å². The smallest absolute Gasteiger partial charge is 0.249 e. The first kappa shape index (κ1) is 17.5. The Bertz CT molecular complexity index is 1020. The molecule has 0 aliphatic carbocycles. The molecule has 1 amide bonds.